The standard InChI is InChI=1S/C17H19N3O/c1-13-5-7-14(8-6-13)16(21)11-18-10-15-12-20-9-3-2-4-17(20)19-15/h2-9,12,16,18,21H,10-11H2,1H3. The zero-order valence-corrected chi connectivity index (χ0v) is 12.0. The first-order valence-electron chi connectivity index (χ1n) is 7.10. The van der Waals surface area contributed by atoms with E-state index in [2.05, 4.69) is 10.3 Å². The molecule has 0 saturated heterocycles. The summed E-state index contributed by atoms with van der Waals surface area (Å²) in [4.78, 5) is 4.51. The van der Waals surface area contributed by atoms with Crippen LogP contribution in [-0.4, -0.2) is 21.0 Å². The maximum Gasteiger partial charge on any atom is 0.137 e. The molecule has 21 heavy (non-hydrogen) atoms. The number of pyridine rings is 1. The second-order valence-electron chi connectivity index (χ2n) is 5.26. The van der Waals surface area contributed by atoms with Crippen molar-refractivity contribution in [3.8, 4) is 0 Å². The highest BCUT2D eigenvalue weighted by molar-refractivity contribution is 5.39. The largest absolute Gasteiger partial charge is 0.387 e. The fraction of sp³-hybridized carbons (Fsp3) is 0.235. The molecule has 0 fully saturated rings. The summed E-state index contributed by atoms with van der Waals surface area (Å²) in [6.45, 7) is 3.19. The van der Waals surface area contributed by atoms with Gasteiger partial charge in [0.05, 0.1) is 11.8 Å². The van der Waals surface area contributed by atoms with Crippen LogP contribution in [0.1, 0.15) is 22.9 Å². The highest BCUT2D eigenvalue weighted by Gasteiger charge is 2.07. The highest BCUT2D eigenvalue weighted by Crippen LogP contribution is 2.13. The Hall–Kier alpha value is -2.17. The summed E-state index contributed by atoms with van der Waals surface area (Å²) < 4.78 is 1.99. The molecule has 3 rings (SSSR count). The van der Waals surface area contributed by atoms with Crippen molar-refractivity contribution in [3.63, 3.8) is 0 Å². The number of imidazole rings is 1. The molecule has 0 aliphatic carbocycles. The van der Waals surface area contributed by atoms with Gasteiger partial charge in [0, 0.05) is 25.5 Å². The lowest BCUT2D eigenvalue weighted by molar-refractivity contribution is 0.174. The average Bonchev–Trinajstić information content (AvgIpc) is 2.90. The van der Waals surface area contributed by atoms with E-state index in [1.54, 1.807) is 0 Å². The highest BCUT2D eigenvalue weighted by atomic mass is 16.3. The van der Waals surface area contributed by atoms with Gasteiger partial charge in [-0.2, -0.15) is 0 Å². The molecule has 1 atom stereocenters. The topological polar surface area (TPSA) is 49.6 Å². The van der Waals surface area contributed by atoms with Crippen molar-refractivity contribution in [2.24, 2.45) is 0 Å². The third-order valence-corrected chi connectivity index (χ3v) is 3.52. The molecule has 1 unspecified atom stereocenters. The van der Waals surface area contributed by atoms with Gasteiger partial charge < -0.3 is 14.8 Å². The first kappa shape index (κ1) is 13.8. The zero-order valence-electron chi connectivity index (χ0n) is 12.0. The van der Waals surface area contributed by atoms with Gasteiger partial charge in [0.2, 0.25) is 0 Å². The summed E-state index contributed by atoms with van der Waals surface area (Å²) in [5.74, 6) is 0. The maximum absolute atomic E-state index is 10.1. The van der Waals surface area contributed by atoms with Gasteiger partial charge in [0.15, 0.2) is 0 Å². The molecular formula is C17H19N3O. The van der Waals surface area contributed by atoms with Crippen molar-refractivity contribution in [1.29, 1.82) is 0 Å². The van der Waals surface area contributed by atoms with Gasteiger partial charge in [-0.3, -0.25) is 0 Å². The minimum Gasteiger partial charge on any atom is -0.387 e. The van der Waals surface area contributed by atoms with Crippen LogP contribution in [0, 0.1) is 6.92 Å². The van der Waals surface area contributed by atoms with Crippen LogP contribution in [0.3, 0.4) is 0 Å². The number of aromatic nitrogens is 2. The zero-order chi connectivity index (χ0) is 14.7. The van der Waals surface area contributed by atoms with E-state index in [9.17, 15) is 5.11 Å². The number of nitrogens with one attached hydrogen (secondary N) is 1. The Labute approximate surface area is 124 Å². The van der Waals surface area contributed by atoms with Gasteiger partial charge in [0.25, 0.3) is 0 Å². The summed E-state index contributed by atoms with van der Waals surface area (Å²) >= 11 is 0. The summed E-state index contributed by atoms with van der Waals surface area (Å²) in [5, 5.41) is 13.4. The van der Waals surface area contributed by atoms with Crippen molar-refractivity contribution in [2.45, 2.75) is 19.6 Å². The predicted molar refractivity (Wildman–Crippen MR) is 83.0 cm³/mol. The second-order valence-corrected chi connectivity index (χ2v) is 5.26. The molecule has 0 saturated carbocycles. The van der Waals surface area contributed by atoms with Gasteiger partial charge in [-0.1, -0.05) is 35.9 Å². The molecule has 1 aromatic carbocycles. The Balaban J connectivity index is 1.56. The minimum atomic E-state index is -0.498. The third kappa shape index (κ3) is 3.29. The number of hydrogen-bond acceptors (Lipinski definition) is 3. The number of aliphatic hydroxyl groups excluding tert-OH is 1. The van der Waals surface area contributed by atoms with E-state index in [0.29, 0.717) is 13.1 Å². The molecule has 0 amide bonds. The van der Waals surface area contributed by atoms with E-state index < -0.39 is 6.10 Å². The number of nitrogens with zero attached hydrogens (tertiary/aromatic N) is 2. The van der Waals surface area contributed by atoms with E-state index in [1.807, 2.05) is 66.2 Å². The van der Waals surface area contributed by atoms with Crippen molar-refractivity contribution >= 4 is 5.65 Å². The van der Waals surface area contributed by atoms with Crippen LogP contribution in [0.2, 0.25) is 0 Å². The Kier molecular flexibility index (Phi) is 3.99. The number of fused-ring (bicyclic) bond motifs is 1. The first-order chi connectivity index (χ1) is 10.2. The molecule has 0 radical (unpaired) electrons. The fourth-order valence-corrected chi connectivity index (χ4v) is 2.32. The van der Waals surface area contributed by atoms with Crippen molar-refractivity contribution < 1.29 is 5.11 Å². The maximum atomic E-state index is 10.1. The van der Waals surface area contributed by atoms with Crippen LogP contribution in [0.4, 0.5) is 0 Å². The lowest BCUT2D eigenvalue weighted by Gasteiger charge is -2.11. The molecule has 108 valence electrons. The smallest absolute Gasteiger partial charge is 0.137 e. The Morgan fingerprint density at radius 1 is 1.19 bits per heavy atom. The summed E-state index contributed by atoms with van der Waals surface area (Å²) in [5.41, 5.74) is 4.04. The second kappa shape index (κ2) is 6.08. The lowest BCUT2D eigenvalue weighted by atomic mass is 10.1. The van der Waals surface area contributed by atoms with Crippen LogP contribution in [0.25, 0.3) is 5.65 Å². The molecule has 4 nitrogen and oxygen atoms in total. The number of rotatable bonds is 5. The lowest BCUT2D eigenvalue weighted by Crippen LogP contribution is -2.21. The van der Waals surface area contributed by atoms with Crippen LogP contribution in [0.5, 0.6) is 0 Å². The van der Waals surface area contributed by atoms with E-state index in [0.717, 1.165) is 16.9 Å². The first-order valence-corrected chi connectivity index (χ1v) is 7.10. The Morgan fingerprint density at radius 3 is 2.76 bits per heavy atom. The quantitative estimate of drug-likeness (QED) is 0.755. The van der Waals surface area contributed by atoms with E-state index in [4.69, 9.17) is 0 Å². The van der Waals surface area contributed by atoms with Crippen molar-refractivity contribution in [2.75, 3.05) is 6.54 Å². The Bertz CT molecular complexity index is 685. The summed E-state index contributed by atoms with van der Waals surface area (Å²) in [6.07, 6.45) is 3.48. The summed E-state index contributed by atoms with van der Waals surface area (Å²) in [6, 6.07) is 13.9. The monoisotopic (exact) mass is 281 g/mol. The number of aryl methyl sites for hydroxylation is 1. The Morgan fingerprint density at radius 2 is 2.00 bits per heavy atom. The predicted octanol–water partition coefficient (Wildman–Crippen LogP) is 2.47. The molecule has 2 N–H and O–H groups in total. The molecule has 2 heterocycles. The van der Waals surface area contributed by atoms with Crippen molar-refractivity contribution in [3.05, 3.63) is 71.7 Å². The number of benzene rings is 1. The van der Waals surface area contributed by atoms with Crippen LogP contribution >= 0.6 is 0 Å². The molecule has 0 spiro atoms. The van der Waals surface area contributed by atoms with Crippen LogP contribution < -0.4 is 5.32 Å². The van der Waals surface area contributed by atoms with Crippen LogP contribution in [0.15, 0.2) is 54.9 Å². The molecule has 0 aliphatic heterocycles. The van der Waals surface area contributed by atoms with Gasteiger partial charge in [-0.05, 0) is 24.6 Å². The van der Waals surface area contributed by atoms with Gasteiger partial charge in [0.1, 0.15) is 5.65 Å². The third-order valence-electron chi connectivity index (χ3n) is 3.52. The van der Waals surface area contributed by atoms with E-state index >= 15 is 0 Å². The molecule has 0 bridgehead atoms. The molecule has 4 heteroatoms. The van der Waals surface area contributed by atoms with Gasteiger partial charge in [-0.25, -0.2) is 4.98 Å². The van der Waals surface area contributed by atoms with Gasteiger partial charge in [-0.15, -0.1) is 0 Å². The van der Waals surface area contributed by atoms with Gasteiger partial charge >= 0.3 is 0 Å². The number of aliphatic hydroxyl groups is 1. The number of hydrogen-bond donors (Lipinski definition) is 2. The normalized spacial score (nSPS) is 12.7. The molecule has 3 aromatic rings. The SMILES string of the molecule is Cc1ccc(C(O)CNCc2cn3ccccc3n2)cc1. The molecular weight excluding hydrogens is 262 g/mol. The fourth-order valence-electron chi connectivity index (χ4n) is 2.32. The van der Waals surface area contributed by atoms with E-state index in [1.165, 1.54) is 5.56 Å². The molecule has 2 aromatic heterocycles. The van der Waals surface area contributed by atoms with E-state index in [-0.39, 0.29) is 0 Å². The molecule has 0 aliphatic rings. The van der Waals surface area contributed by atoms with Crippen LogP contribution in [-0.2, 0) is 6.54 Å². The van der Waals surface area contributed by atoms with Crippen molar-refractivity contribution in [1.82, 2.24) is 14.7 Å². The summed E-state index contributed by atoms with van der Waals surface area (Å²) in [7, 11) is 0. The average molecular weight is 281 g/mol. The minimum absolute atomic E-state index is 0.498.